The molecule has 0 aromatic heterocycles. The lowest BCUT2D eigenvalue weighted by Gasteiger charge is -2.46. The molecule has 3 fully saturated rings. The van der Waals surface area contributed by atoms with Crippen molar-refractivity contribution in [3.05, 3.63) is 0 Å². The van der Waals surface area contributed by atoms with Crippen LogP contribution >= 0.6 is 0 Å². The Hall–Kier alpha value is -1.14. The minimum absolute atomic E-state index is 0.125. The standard InChI is InChI=1S/C18H30N2O4/c1-24-8-7-18(5-2-6-18)17(23)19-14-9-15(10-14)20(12-16(21)22)11-13-3-4-13/h13-15H,2-12H2,1H3,(H,19,23)(H,21,22). The number of amides is 1. The van der Waals surface area contributed by atoms with E-state index in [1.807, 2.05) is 0 Å². The molecule has 6 nitrogen and oxygen atoms in total. The molecule has 3 rings (SSSR count). The quantitative estimate of drug-likeness (QED) is 0.633. The molecule has 0 heterocycles. The van der Waals surface area contributed by atoms with Gasteiger partial charge in [-0.2, -0.15) is 0 Å². The summed E-state index contributed by atoms with van der Waals surface area (Å²) in [5, 5.41) is 12.3. The molecule has 3 aliphatic carbocycles. The third-order valence-electron chi connectivity index (χ3n) is 6.07. The molecular weight excluding hydrogens is 308 g/mol. The highest BCUT2D eigenvalue weighted by molar-refractivity contribution is 5.83. The lowest BCUT2D eigenvalue weighted by molar-refractivity contribution is -0.142. The molecule has 24 heavy (non-hydrogen) atoms. The van der Waals surface area contributed by atoms with Crippen LogP contribution in [0.25, 0.3) is 0 Å². The molecule has 0 spiro atoms. The Bertz CT molecular complexity index is 468. The van der Waals surface area contributed by atoms with Gasteiger partial charge >= 0.3 is 5.97 Å². The highest BCUT2D eigenvalue weighted by Crippen LogP contribution is 2.44. The first-order valence-corrected chi connectivity index (χ1v) is 9.28. The topological polar surface area (TPSA) is 78.9 Å². The van der Waals surface area contributed by atoms with Crippen molar-refractivity contribution in [2.75, 3.05) is 26.8 Å². The molecule has 0 aliphatic heterocycles. The molecule has 0 unspecified atom stereocenters. The van der Waals surface area contributed by atoms with Crippen molar-refractivity contribution >= 4 is 11.9 Å². The van der Waals surface area contributed by atoms with Crippen LogP contribution in [0, 0.1) is 11.3 Å². The van der Waals surface area contributed by atoms with Crippen molar-refractivity contribution in [2.45, 2.75) is 63.5 Å². The summed E-state index contributed by atoms with van der Waals surface area (Å²) in [6.07, 6.45) is 8.07. The first-order valence-electron chi connectivity index (χ1n) is 9.28. The third kappa shape index (κ3) is 4.09. The predicted octanol–water partition coefficient (Wildman–Crippen LogP) is 1.64. The van der Waals surface area contributed by atoms with Gasteiger partial charge in [0.15, 0.2) is 0 Å². The van der Waals surface area contributed by atoms with Crippen LogP contribution in [0.1, 0.15) is 51.4 Å². The van der Waals surface area contributed by atoms with E-state index < -0.39 is 5.97 Å². The van der Waals surface area contributed by atoms with Crippen molar-refractivity contribution in [2.24, 2.45) is 11.3 Å². The molecule has 2 N–H and O–H groups in total. The molecule has 136 valence electrons. The fourth-order valence-corrected chi connectivity index (χ4v) is 3.98. The van der Waals surface area contributed by atoms with Gasteiger partial charge in [0.2, 0.25) is 5.91 Å². The van der Waals surface area contributed by atoms with Crippen LogP contribution in [-0.2, 0) is 14.3 Å². The van der Waals surface area contributed by atoms with Gasteiger partial charge in [0, 0.05) is 32.3 Å². The summed E-state index contributed by atoms with van der Waals surface area (Å²) in [7, 11) is 1.68. The molecule has 0 aromatic rings. The van der Waals surface area contributed by atoms with Gasteiger partial charge in [-0.25, -0.2) is 0 Å². The van der Waals surface area contributed by atoms with Crippen molar-refractivity contribution in [3.63, 3.8) is 0 Å². The maximum atomic E-state index is 12.6. The second kappa shape index (κ2) is 7.40. The van der Waals surface area contributed by atoms with Crippen LogP contribution in [0.5, 0.6) is 0 Å². The highest BCUT2D eigenvalue weighted by Gasteiger charge is 2.46. The van der Waals surface area contributed by atoms with Gasteiger partial charge in [0.1, 0.15) is 0 Å². The lowest BCUT2D eigenvalue weighted by atomic mass is 9.65. The van der Waals surface area contributed by atoms with Gasteiger partial charge in [0.25, 0.3) is 0 Å². The molecule has 0 atom stereocenters. The number of nitrogens with one attached hydrogen (secondary N) is 1. The minimum atomic E-state index is -0.754. The fourth-order valence-electron chi connectivity index (χ4n) is 3.98. The minimum Gasteiger partial charge on any atom is -0.480 e. The molecule has 6 heteroatoms. The van der Waals surface area contributed by atoms with Crippen LogP contribution in [0.4, 0.5) is 0 Å². The first kappa shape index (κ1) is 17.7. The average molecular weight is 338 g/mol. The van der Waals surface area contributed by atoms with Crippen molar-refractivity contribution < 1.29 is 19.4 Å². The summed E-state index contributed by atoms with van der Waals surface area (Å²) >= 11 is 0. The summed E-state index contributed by atoms with van der Waals surface area (Å²) in [5.41, 5.74) is -0.212. The first-order chi connectivity index (χ1) is 11.5. The highest BCUT2D eigenvalue weighted by atomic mass is 16.5. The number of hydrogen-bond acceptors (Lipinski definition) is 4. The van der Waals surface area contributed by atoms with Crippen LogP contribution < -0.4 is 5.32 Å². The molecule has 1 amide bonds. The molecule has 0 saturated heterocycles. The number of nitrogens with zero attached hydrogens (tertiary/aromatic N) is 1. The van der Waals surface area contributed by atoms with Gasteiger partial charge in [-0.15, -0.1) is 0 Å². The van der Waals surface area contributed by atoms with E-state index in [0.717, 1.165) is 45.1 Å². The second-order valence-corrected chi connectivity index (χ2v) is 7.94. The van der Waals surface area contributed by atoms with E-state index in [0.29, 0.717) is 18.6 Å². The Labute approximate surface area is 143 Å². The Kier molecular flexibility index (Phi) is 5.45. The molecule has 0 radical (unpaired) electrons. The van der Waals surface area contributed by atoms with Crippen LogP contribution in [0.2, 0.25) is 0 Å². The predicted molar refractivity (Wildman–Crippen MR) is 89.7 cm³/mol. The SMILES string of the molecule is COCCC1(C(=O)NC2CC(N(CC(=O)O)CC3CC3)C2)CCC1. The van der Waals surface area contributed by atoms with Gasteiger partial charge in [-0.1, -0.05) is 6.42 Å². The van der Waals surface area contributed by atoms with Gasteiger partial charge in [-0.05, 0) is 50.9 Å². The number of rotatable bonds is 10. The zero-order valence-corrected chi connectivity index (χ0v) is 14.6. The van der Waals surface area contributed by atoms with Crippen molar-refractivity contribution in [1.29, 1.82) is 0 Å². The average Bonchev–Trinajstić information content (AvgIpc) is 3.24. The maximum Gasteiger partial charge on any atom is 0.317 e. The van der Waals surface area contributed by atoms with Gasteiger partial charge in [-0.3, -0.25) is 14.5 Å². The summed E-state index contributed by atoms with van der Waals surface area (Å²) in [6, 6.07) is 0.515. The lowest BCUT2D eigenvalue weighted by Crippen LogP contribution is -2.58. The number of carboxylic acid groups (broad SMARTS) is 1. The Morgan fingerprint density at radius 1 is 1.29 bits per heavy atom. The number of carboxylic acids is 1. The van der Waals surface area contributed by atoms with E-state index in [2.05, 4.69) is 10.2 Å². The molecule has 3 saturated carbocycles. The summed E-state index contributed by atoms with van der Waals surface area (Å²) in [6.45, 7) is 1.66. The third-order valence-corrected chi connectivity index (χ3v) is 6.07. The summed E-state index contributed by atoms with van der Waals surface area (Å²) in [5.74, 6) is 0.114. The van der Waals surface area contributed by atoms with E-state index in [9.17, 15) is 9.59 Å². The number of methoxy groups -OCH3 is 1. The Morgan fingerprint density at radius 2 is 2.00 bits per heavy atom. The number of ether oxygens (including phenoxy) is 1. The van der Waals surface area contributed by atoms with Crippen molar-refractivity contribution in [1.82, 2.24) is 10.2 Å². The number of aliphatic carboxylic acids is 1. The molecular formula is C18H30N2O4. The second-order valence-electron chi connectivity index (χ2n) is 7.94. The van der Waals surface area contributed by atoms with Crippen LogP contribution in [-0.4, -0.2) is 60.8 Å². The zero-order chi connectivity index (χ0) is 17.2. The van der Waals surface area contributed by atoms with Gasteiger partial charge in [0.05, 0.1) is 12.0 Å². The Morgan fingerprint density at radius 3 is 2.50 bits per heavy atom. The van der Waals surface area contributed by atoms with E-state index in [4.69, 9.17) is 9.84 Å². The summed E-state index contributed by atoms with van der Waals surface area (Å²) in [4.78, 5) is 25.8. The van der Waals surface area contributed by atoms with E-state index >= 15 is 0 Å². The van der Waals surface area contributed by atoms with Crippen LogP contribution in [0.15, 0.2) is 0 Å². The number of carbonyl (C=O) groups is 2. The smallest absolute Gasteiger partial charge is 0.317 e. The number of carbonyl (C=O) groups excluding carboxylic acids is 1. The zero-order valence-electron chi connectivity index (χ0n) is 14.6. The molecule has 3 aliphatic rings. The molecule has 0 aromatic carbocycles. The van der Waals surface area contributed by atoms with Crippen molar-refractivity contribution in [3.8, 4) is 0 Å². The number of hydrogen-bond donors (Lipinski definition) is 2. The maximum absolute atomic E-state index is 12.6. The fraction of sp³-hybridized carbons (Fsp3) is 0.889. The normalized spacial score (nSPS) is 28.1. The van der Waals surface area contributed by atoms with Crippen LogP contribution in [0.3, 0.4) is 0 Å². The van der Waals surface area contributed by atoms with Gasteiger partial charge < -0.3 is 15.2 Å². The van der Waals surface area contributed by atoms with E-state index in [-0.39, 0.29) is 23.9 Å². The Balaban J connectivity index is 1.45. The van der Waals surface area contributed by atoms with E-state index in [1.54, 1.807) is 7.11 Å². The van der Waals surface area contributed by atoms with E-state index in [1.165, 1.54) is 12.8 Å². The summed E-state index contributed by atoms with van der Waals surface area (Å²) < 4.78 is 5.15. The monoisotopic (exact) mass is 338 g/mol. The molecule has 0 bridgehead atoms. The largest absolute Gasteiger partial charge is 0.480 e.